The quantitative estimate of drug-likeness (QED) is 0.325. The van der Waals surface area contributed by atoms with Crippen LogP contribution in [0.3, 0.4) is 0 Å². The molecule has 7 nitrogen and oxygen atoms in total. The number of rotatable bonds is 9. The maximum Gasteiger partial charge on any atom is 0.253 e. The monoisotopic (exact) mass is 600 g/mol. The van der Waals surface area contributed by atoms with Gasteiger partial charge in [-0.3, -0.25) is 14.4 Å². The third kappa shape index (κ3) is 8.44. The Morgan fingerprint density at radius 1 is 1.08 bits per heavy atom. The summed E-state index contributed by atoms with van der Waals surface area (Å²) in [6.07, 6.45) is 5.34. The molecule has 0 spiro atoms. The van der Waals surface area contributed by atoms with Crippen molar-refractivity contribution in [1.29, 1.82) is 0 Å². The summed E-state index contributed by atoms with van der Waals surface area (Å²) in [6, 6.07) is 6.42. The van der Waals surface area contributed by atoms with Crippen molar-refractivity contribution in [2.45, 2.75) is 106 Å². The maximum absolute atomic E-state index is 13.3. The molecule has 2 amide bonds. The average Bonchev–Trinajstić information content (AvgIpc) is 2.85. The number of pyridine rings is 1. The van der Waals surface area contributed by atoms with Gasteiger partial charge in [-0.2, -0.15) is 0 Å². The summed E-state index contributed by atoms with van der Waals surface area (Å²) in [6.45, 7) is 15.4. The number of anilines is 1. The number of aromatic amines is 1. The fourth-order valence-electron chi connectivity index (χ4n) is 5.51. The van der Waals surface area contributed by atoms with Crippen LogP contribution in [0.2, 0.25) is 0 Å². The van der Waals surface area contributed by atoms with Crippen LogP contribution >= 0.6 is 15.9 Å². The Kier molecular flexibility index (Phi) is 10.4. The first-order chi connectivity index (χ1) is 18.3. The highest BCUT2D eigenvalue weighted by atomic mass is 79.9. The molecule has 1 aromatic heterocycles. The first-order valence-corrected chi connectivity index (χ1v) is 14.9. The molecule has 2 aromatic rings. The molecule has 39 heavy (non-hydrogen) atoms. The van der Waals surface area contributed by atoms with Gasteiger partial charge in [0, 0.05) is 58.6 Å². The van der Waals surface area contributed by atoms with Crippen molar-refractivity contribution >= 4 is 33.4 Å². The number of carbonyl (C=O) groups excluding carboxylic acids is 2. The third-order valence-corrected chi connectivity index (χ3v) is 8.22. The predicted octanol–water partition coefficient (Wildman–Crippen LogP) is 6.07. The fourth-order valence-corrected chi connectivity index (χ4v) is 5.96. The van der Waals surface area contributed by atoms with E-state index in [2.05, 4.69) is 70.2 Å². The van der Waals surface area contributed by atoms with Gasteiger partial charge in [0.2, 0.25) is 5.91 Å². The van der Waals surface area contributed by atoms with Gasteiger partial charge in [-0.25, -0.2) is 0 Å². The van der Waals surface area contributed by atoms with Gasteiger partial charge in [-0.15, -0.1) is 0 Å². The Labute approximate surface area is 241 Å². The molecule has 3 N–H and O–H groups in total. The number of halogens is 1. The number of carbonyl (C=O) groups is 2. The van der Waals surface area contributed by atoms with Crippen molar-refractivity contribution in [3.05, 3.63) is 61.0 Å². The number of aryl methyl sites for hydroxylation is 2. The van der Waals surface area contributed by atoms with E-state index in [0.29, 0.717) is 23.6 Å². The van der Waals surface area contributed by atoms with Gasteiger partial charge < -0.3 is 20.5 Å². The second-order valence-corrected chi connectivity index (χ2v) is 13.1. The Morgan fingerprint density at radius 3 is 2.33 bits per heavy atom. The summed E-state index contributed by atoms with van der Waals surface area (Å²) >= 11 is 3.62. The van der Waals surface area contributed by atoms with E-state index in [9.17, 15) is 14.4 Å². The van der Waals surface area contributed by atoms with Crippen LogP contribution < -0.4 is 21.1 Å². The molecule has 1 heterocycles. The number of benzene rings is 1. The van der Waals surface area contributed by atoms with Crippen LogP contribution in [0.1, 0.15) is 99.0 Å². The topological polar surface area (TPSA) is 94.3 Å². The predicted molar refractivity (Wildman–Crippen MR) is 162 cm³/mol. The lowest BCUT2D eigenvalue weighted by atomic mass is 9.88. The fraction of sp³-hybridized carbons (Fsp3) is 0.581. The number of nitrogens with one attached hydrogen (secondary N) is 3. The molecule has 3 rings (SSSR count). The minimum atomic E-state index is -0.202. The highest BCUT2D eigenvalue weighted by molar-refractivity contribution is 9.10. The number of hydrogen-bond acceptors (Lipinski definition) is 4. The van der Waals surface area contributed by atoms with Gasteiger partial charge in [-0.1, -0.05) is 36.7 Å². The molecule has 0 atom stereocenters. The van der Waals surface area contributed by atoms with E-state index in [-0.39, 0.29) is 35.4 Å². The summed E-state index contributed by atoms with van der Waals surface area (Å²) < 4.78 is 0.843. The first kappa shape index (κ1) is 30.9. The Morgan fingerprint density at radius 2 is 1.74 bits per heavy atom. The molecule has 0 aliphatic heterocycles. The van der Waals surface area contributed by atoms with Crippen LogP contribution in [0.5, 0.6) is 0 Å². The molecule has 0 unspecified atom stereocenters. The molecule has 1 saturated carbocycles. The SMILES string of the molecule is CCN(c1cc(Br)cc(C(=O)NCc2c(C)cc(C)[nH]c2=O)c1C)C1CCC(NC(=O)CCC(C)(C)C)CC1. The minimum absolute atomic E-state index is 0.155. The van der Waals surface area contributed by atoms with Gasteiger partial charge in [-0.05, 0) is 94.5 Å². The summed E-state index contributed by atoms with van der Waals surface area (Å²) in [4.78, 5) is 43.3. The average molecular weight is 602 g/mol. The summed E-state index contributed by atoms with van der Waals surface area (Å²) in [5, 5.41) is 6.20. The lowest BCUT2D eigenvalue weighted by Gasteiger charge is -2.39. The molecule has 1 fully saturated rings. The molecule has 0 bridgehead atoms. The number of H-pyrrole nitrogens is 1. The van der Waals surface area contributed by atoms with Crippen LogP contribution in [0, 0.1) is 26.2 Å². The number of hydrogen-bond donors (Lipinski definition) is 3. The van der Waals surface area contributed by atoms with Crippen LogP contribution in [-0.4, -0.2) is 35.4 Å². The number of aromatic nitrogens is 1. The van der Waals surface area contributed by atoms with Crippen LogP contribution in [0.15, 0.2) is 27.5 Å². The van der Waals surface area contributed by atoms with E-state index in [4.69, 9.17) is 0 Å². The number of nitrogens with zero attached hydrogens (tertiary/aromatic N) is 1. The molecular formula is C31H45BrN4O3. The summed E-state index contributed by atoms with van der Waals surface area (Å²) in [5.74, 6) is -0.0470. The molecule has 214 valence electrons. The molecule has 0 saturated heterocycles. The van der Waals surface area contributed by atoms with Crippen molar-refractivity contribution < 1.29 is 9.59 Å². The standard InChI is InChI=1S/C31H45BrN4O3/c1-8-36(24-11-9-23(10-12-24)35-28(37)13-14-31(5,6)7)27-17-22(32)16-25(21(27)4)29(38)33-18-26-19(2)15-20(3)34-30(26)39/h15-17,23-24H,8-14,18H2,1-7H3,(H,33,38)(H,34,39)(H,35,37). The summed E-state index contributed by atoms with van der Waals surface area (Å²) in [7, 11) is 0. The van der Waals surface area contributed by atoms with Crippen molar-refractivity contribution in [3.8, 4) is 0 Å². The number of amides is 2. The highest BCUT2D eigenvalue weighted by Gasteiger charge is 2.28. The van der Waals surface area contributed by atoms with Crippen molar-refractivity contribution in [2.24, 2.45) is 5.41 Å². The lowest BCUT2D eigenvalue weighted by Crippen LogP contribution is -2.44. The van der Waals surface area contributed by atoms with Gasteiger partial charge in [0.1, 0.15) is 0 Å². The van der Waals surface area contributed by atoms with Gasteiger partial charge in [0.25, 0.3) is 11.5 Å². The molecule has 0 radical (unpaired) electrons. The Hall–Kier alpha value is -2.61. The molecule has 1 aliphatic carbocycles. The van der Waals surface area contributed by atoms with E-state index >= 15 is 0 Å². The maximum atomic E-state index is 13.3. The largest absolute Gasteiger partial charge is 0.369 e. The van der Waals surface area contributed by atoms with E-state index in [1.807, 2.05) is 32.9 Å². The summed E-state index contributed by atoms with van der Waals surface area (Å²) in [5.41, 5.74) is 4.78. The van der Waals surface area contributed by atoms with Crippen LogP contribution in [-0.2, 0) is 11.3 Å². The van der Waals surface area contributed by atoms with E-state index in [0.717, 1.165) is 65.6 Å². The van der Waals surface area contributed by atoms with Gasteiger partial charge >= 0.3 is 0 Å². The van der Waals surface area contributed by atoms with Crippen LogP contribution in [0.4, 0.5) is 5.69 Å². The van der Waals surface area contributed by atoms with Crippen LogP contribution in [0.25, 0.3) is 0 Å². The van der Waals surface area contributed by atoms with Crippen molar-refractivity contribution in [3.63, 3.8) is 0 Å². The molecular weight excluding hydrogens is 556 g/mol. The van der Waals surface area contributed by atoms with Gasteiger partial charge in [0.15, 0.2) is 0 Å². The first-order valence-electron chi connectivity index (χ1n) is 14.1. The second kappa shape index (κ2) is 13.2. The van der Waals surface area contributed by atoms with E-state index in [1.165, 1.54) is 0 Å². The Balaban J connectivity index is 1.68. The lowest BCUT2D eigenvalue weighted by molar-refractivity contribution is -0.122. The Bertz CT molecular complexity index is 1240. The van der Waals surface area contributed by atoms with E-state index < -0.39 is 0 Å². The smallest absolute Gasteiger partial charge is 0.253 e. The highest BCUT2D eigenvalue weighted by Crippen LogP contribution is 2.33. The second-order valence-electron chi connectivity index (χ2n) is 12.1. The van der Waals surface area contributed by atoms with Crippen molar-refractivity contribution in [2.75, 3.05) is 11.4 Å². The zero-order valence-electron chi connectivity index (χ0n) is 24.6. The third-order valence-electron chi connectivity index (χ3n) is 7.76. The molecule has 8 heteroatoms. The minimum Gasteiger partial charge on any atom is -0.369 e. The molecule has 1 aromatic carbocycles. The van der Waals surface area contributed by atoms with E-state index in [1.54, 1.807) is 0 Å². The van der Waals surface area contributed by atoms with Gasteiger partial charge in [0.05, 0.1) is 0 Å². The normalized spacial score (nSPS) is 17.5. The van der Waals surface area contributed by atoms with Crippen molar-refractivity contribution in [1.82, 2.24) is 15.6 Å². The zero-order valence-corrected chi connectivity index (χ0v) is 26.2. The zero-order chi connectivity index (χ0) is 28.9. The molecule has 1 aliphatic rings.